The summed E-state index contributed by atoms with van der Waals surface area (Å²) in [6.07, 6.45) is 3.27. The van der Waals surface area contributed by atoms with Gasteiger partial charge in [-0.25, -0.2) is 9.97 Å². The molecule has 27 heavy (non-hydrogen) atoms. The third-order valence-corrected chi connectivity index (χ3v) is 4.89. The molecule has 1 atom stereocenters. The first-order chi connectivity index (χ1) is 12.7. The van der Waals surface area contributed by atoms with E-state index in [2.05, 4.69) is 9.97 Å². The lowest BCUT2D eigenvalue weighted by atomic mass is 10.1. The Morgan fingerprint density at radius 2 is 2.04 bits per heavy atom. The maximum absolute atomic E-state index is 12.9. The molecule has 1 aromatic heterocycles. The molecular formula is C18H25ClN4O4. The van der Waals surface area contributed by atoms with E-state index in [0.29, 0.717) is 38.2 Å². The van der Waals surface area contributed by atoms with Crippen LogP contribution in [-0.4, -0.2) is 68.3 Å². The van der Waals surface area contributed by atoms with Gasteiger partial charge in [0.25, 0.3) is 5.91 Å². The summed E-state index contributed by atoms with van der Waals surface area (Å²) < 4.78 is 0. The van der Waals surface area contributed by atoms with Crippen molar-refractivity contribution in [3.05, 3.63) is 22.7 Å². The van der Waals surface area contributed by atoms with E-state index in [1.165, 1.54) is 18.0 Å². The molecule has 2 rings (SSSR count). The molecule has 0 radical (unpaired) electrons. The number of carbonyl (C=O) groups is 3. The number of likely N-dealkylation sites (tertiary alicyclic amines) is 1. The second-order valence-electron chi connectivity index (χ2n) is 7.00. The van der Waals surface area contributed by atoms with Gasteiger partial charge in [0.1, 0.15) is 12.4 Å². The fourth-order valence-corrected chi connectivity index (χ4v) is 3.37. The van der Waals surface area contributed by atoms with Gasteiger partial charge in [0.2, 0.25) is 5.91 Å². The summed E-state index contributed by atoms with van der Waals surface area (Å²) in [5.74, 6) is -0.960. The summed E-state index contributed by atoms with van der Waals surface area (Å²) >= 11 is 6.14. The van der Waals surface area contributed by atoms with Crippen molar-refractivity contribution in [1.29, 1.82) is 0 Å². The molecule has 2 amide bonds. The Morgan fingerprint density at radius 3 is 2.63 bits per heavy atom. The summed E-state index contributed by atoms with van der Waals surface area (Å²) in [5.41, 5.74) is 0.183. The predicted molar refractivity (Wildman–Crippen MR) is 99.7 cm³/mol. The minimum Gasteiger partial charge on any atom is -0.480 e. The van der Waals surface area contributed by atoms with E-state index < -0.39 is 5.97 Å². The summed E-state index contributed by atoms with van der Waals surface area (Å²) in [6.45, 7) is 5.82. The number of carboxylic acid groups (broad SMARTS) is 1. The van der Waals surface area contributed by atoms with Crippen LogP contribution < -0.4 is 0 Å². The standard InChI is InChI=1S/C18H25ClN4O4/c1-11(2)17-20-9-14(19)16(21-17)18(27)22-7-4-5-13(6-8-22)23(12(3)24)10-15(25)26/h9,11,13H,4-8,10H2,1-3H3,(H,25,26). The zero-order chi connectivity index (χ0) is 20.1. The van der Waals surface area contributed by atoms with Crippen LogP contribution in [0.3, 0.4) is 0 Å². The fraction of sp³-hybridized carbons (Fsp3) is 0.611. The van der Waals surface area contributed by atoms with Crippen molar-refractivity contribution >= 4 is 29.4 Å². The van der Waals surface area contributed by atoms with Gasteiger partial charge in [-0.3, -0.25) is 14.4 Å². The Labute approximate surface area is 163 Å². The predicted octanol–water partition coefficient (Wildman–Crippen LogP) is 2.18. The third-order valence-electron chi connectivity index (χ3n) is 4.62. The van der Waals surface area contributed by atoms with E-state index in [0.717, 1.165) is 0 Å². The molecule has 1 aliphatic heterocycles. The normalized spacial score (nSPS) is 17.5. The Kier molecular flexibility index (Phi) is 7.12. The molecule has 0 aromatic carbocycles. The van der Waals surface area contributed by atoms with Crippen molar-refractivity contribution in [3.8, 4) is 0 Å². The first-order valence-electron chi connectivity index (χ1n) is 9.01. The summed E-state index contributed by atoms with van der Waals surface area (Å²) in [7, 11) is 0. The highest BCUT2D eigenvalue weighted by atomic mass is 35.5. The second-order valence-corrected chi connectivity index (χ2v) is 7.40. The van der Waals surface area contributed by atoms with Crippen LogP contribution in [0.25, 0.3) is 0 Å². The topological polar surface area (TPSA) is 104 Å². The van der Waals surface area contributed by atoms with Crippen molar-refractivity contribution in [2.45, 2.75) is 52.0 Å². The number of aromatic nitrogens is 2. The van der Waals surface area contributed by atoms with Gasteiger partial charge in [-0.15, -0.1) is 0 Å². The van der Waals surface area contributed by atoms with Gasteiger partial charge >= 0.3 is 5.97 Å². The number of halogens is 1. The highest BCUT2D eigenvalue weighted by Gasteiger charge is 2.29. The minimum absolute atomic E-state index is 0.0717. The van der Waals surface area contributed by atoms with Crippen LogP contribution in [0.4, 0.5) is 0 Å². The third kappa shape index (κ3) is 5.38. The molecule has 148 valence electrons. The number of nitrogens with zero attached hydrogens (tertiary/aromatic N) is 4. The number of hydrogen-bond donors (Lipinski definition) is 1. The lowest BCUT2D eigenvalue weighted by Gasteiger charge is -2.28. The number of hydrogen-bond acceptors (Lipinski definition) is 5. The molecule has 1 fully saturated rings. The van der Waals surface area contributed by atoms with Gasteiger partial charge < -0.3 is 14.9 Å². The van der Waals surface area contributed by atoms with Crippen LogP contribution >= 0.6 is 11.6 Å². The molecule has 0 saturated carbocycles. The zero-order valence-corrected chi connectivity index (χ0v) is 16.6. The van der Waals surface area contributed by atoms with E-state index in [1.807, 2.05) is 13.8 Å². The van der Waals surface area contributed by atoms with Crippen LogP contribution in [0.1, 0.15) is 62.3 Å². The van der Waals surface area contributed by atoms with Gasteiger partial charge in [-0.1, -0.05) is 25.4 Å². The zero-order valence-electron chi connectivity index (χ0n) is 15.8. The van der Waals surface area contributed by atoms with Crippen molar-refractivity contribution in [2.75, 3.05) is 19.6 Å². The monoisotopic (exact) mass is 396 g/mol. The second kappa shape index (κ2) is 9.12. The first-order valence-corrected chi connectivity index (χ1v) is 9.39. The Balaban J connectivity index is 2.13. The van der Waals surface area contributed by atoms with Gasteiger partial charge in [0, 0.05) is 32.0 Å². The maximum atomic E-state index is 12.9. The van der Waals surface area contributed by atoms with Gasteiger partial charge in [-0.05, 0) is 19.3 Å². The van der Waals surface area contributed by atoms with E-state index >= 15 is 0 Å². The lowest BCUT2D eigenvalue weighted by molar-refractivity contribution is -0.145. The quantitative estimate of drug-likeness (QED) is 0.818. The maximum Gasteiger partial charge on any atom is 0.323 e. The Morgan fingerprint density at radius 1 is 1.33 bits per heavy atom. The van der Waals surface area contributed by atoms with Crippen molar-refractivity contribution in [2.24, 2.45) is 0 Å². The summed E-state index contributed by atoms with van der Waals surface area (Å²) in [4.78, 5) is 47.3. The van der Waals surface area contributed by atoms with Crippen molar-refractivity contribution in [3.63, 3.8) is 0 Å². The molecule has 1 unspecified atom stereocenters. The van der Waals surface area contributed by atoms with Crippen LogP contribution in [0.5, 0.6) is 0 Å². The van der Waals surface area contributed by atoms with E-state index in [1.54, 1.807) is 4.90 Å². The molecule has 1 N–H and O–H groups in total. The summed E-state index contributed by atoms with van der Waals surface area (Å²) in [5, 5.41) is 9.25. The number of aliphatic carboxylic acids is 1. The fourth-order valence-electron chi connectivity index (χ4n) is 3.20. The molecule has 2 heterocycles. The van der Waals surface area contributed by atoms with Crippen LogP contribution in [-0.2, 0) is 9.59 Å². The number of rotatable bonds is 5. The molecule has 1 saturated heterocycles. The van der Waals surface area contributed by atoms with E-state index in [4.69, 9.17) is 16.7 Å². The molecule has 0 spiro atoms. The first kappa shape index (κ1) is 21.1. The average Bonchev–Trinajstić information content (AvgIpc) is 2.84. The average molecular weight is 397 g/mol. The molecule has 0 bridgehead atoms. The number of carbonyl (C=O) groups excluding carboxylic acids is 2. The Bertz CT molecular complexity index is 725. The number of amides is 2. The van der Waals surface area contributed by atoms with E-state index in [9.17, 15) is 14.4 Å². The van der Waals surface area contributed by atoms with Crippen molar-refractivity contribution < 1.29 is 19.5 Å². The molecular weight excluding hydrogens is 372 g/mol. The number of carboxylic acids is 1. The SMILES string of the molecule is CC(=O)N(CC(=O)O)C1CCCN(C(=O)c2nc(C(C)C)ncc2Cl)CC1. The lowest BCUT2D eigenvalue weighted by Crippen LogP contribution is -2.43. The molecule has 9 heteroatoms. The Hall–Kier alpha value is -2.22. The highest BCUT2D eigenvalue weighted by molar-refractivity contribution is 6.33. The van der Waals surface area contributed by atoms with Gasteiger partial charge in [-0.2, -0.15) is 0 Å². The summed E-state index contributed by atoms with van der Waals surface area (Å²) in [6, 6.07) is -0.205. The van der Waals surface area contributed by atoms with Crippen molar-refractivity contribution in [1.82, 2.24) is 19.8 Å². The van der Waals surface area contributed by atoms with Crippen LogP contribution in [0.15, 0.2) is 6.20 Å². The molecule has 1 aliphatic rings. The smallest absolute Gasteiger partial charge is 0.323 e. The van der Waals surface area contributed by atoms with Crippen LogP contribution in [0, 0.1) is 0 Å². The molecule has 0 aliphatic carbocycles. The van der Waals surface area contributed by atoms with Gasteiger partial charge in [0.05, 0.1) is 11.2 Å². The molecule has 8 nitrogen and oxygen atoms in total. The largest absolute Gasteiger partial charge is 0.480 e. The highest BCUT2D eigenvalue weighted by Crippen LogP contribution is 2.22. The van der Waals surface area contributed by atoms with Gasteiger partial charge in [0.15, 0.2) is 5.69 Å². The minimum atomic E-state index is -1.05. The molecule has 1 aromatic rings. The van der Waals surface area contributed by atoms with Crippen LogP contribution in [0.2, 0.25) is 5.02 Å². The van der Waals surface area contributed by atoms with E-state index in [-0.39, 0.29) is 41.0 Å².